The van der Waals surface area contributed by atoms with Gasteiger partial charge in [0.25, 0.3) is 0 Å². The molecule has 1 amide bonds. The molecule has 1 fully saturated rings. The molecule has 4 rings (SSSR count). The molecule has 0 saturated heterocycles. The maximum absolute atomic E-state index is 12.8. The van der Waals surface area contributed by atoms with E-state index in [0.29, 0.717) is 17.4 Å². The van der Waals surface area contributed by atoms with Crippen LogP contribution in [0.3, 0.4) is 0 Å². The average Bonchev–Trinajstić information content (AvgIpc) is 3.52. The molecule has 7 heteroatoms. The van der Waals surface area contributed by atoms with Crippen molar-refractivity contribution in [3.8, 4) is 11.5 Å². The Labute approximate surface area is 170 Å². The van der Waals surface area contributed by atoms with Crippen LogP contribution in [0.15, 0.2) is 30.5 Å². The standard InChI is InChI=1S/C22H26N4O3/c1-13(18-11-16(28-3)7-8-19(18)29-4)24-20(27)12-26-22-21(14(2)25-26)17(9-10-23-22)15-5-6-15/h7-11,13,15H,5-6,12H2,1-4H3,(H,24,27). The zero-order valence-corrected chi connectivity index (χ0v) is 17.2. The van der Waals surface area contributed by atoms with Gasteiger partial charge in [-0.15, -0.1) is 0 Å². The summed E-state index contributed by atoms with van der Waals surface area (Å²) < 4.78 is 12.4. The van der Waals surface area contributed by atoms with Crippen LogP contribution in [0.4, 0.5) is 0 Å². The van der Waals surface area contributed by atoms with E-state index in [1.165, 1.54) is 18.4 Å². The van der Waals surface area contributed by atoms with Gasteiger partial charge in [-0.1, -0.05) is 0 Å². The molecule has 1 aliphatic rings. The minimum Gasteiger partial charge on any atom is -0.497 e. The molecule has 1 N–H and O–H groups in total. The number of amides is 1. The van der Waals surface area contributed by atoms with E-state index < -0.39 is 0 Å². The largest absolute Gasteiger partial charge is 0.497 e. The minimum absolute atomic E-state index is 0.113. The Balaban J connectivity index is 1.54. The fourth-order valence-corrected chi connectivity index (χ4v) is 3.83. The van der Waals surface area contributed by atoms with Gasteiger partial charge in [-0.3, -0.25) is 4.79 Å². The predicted molar refractivity (Wildman–Crippen MR) is 110 cm³/mol. The molecule has 1 aromatic carbocycles. The number of carbonyl (C=O) groups is 1. The van der Waals surface area contributed by atoms with Gasteiger partial charge in [0.05, 0.1) is 26.0 Å². The SMILES string of the molecule is COc1ccc(OC)c(C(C)NC(=O)Cn2nc(C)c3c(C4CC4)ccnc32)c1. The number of fused-ring (bicyclic) bond motifs is 1. The second kappa shape index (κ2) is 7.73. The lowest BCUT2D eigenvalue weighted by molar-refractivity contribution is -0.122. The van der Waals surface area contributed by atoms with Gasteiger partial charge in [0.1, 0.15) is 18.0 Å². The Morgan fingerprint density at radius 3 is 2.76 bits per heavy atom. The van der Waals surface area contributed by atoms with E-state index in [9.17, 15) is 4.79 Å². The predicted octanol–water partition coefficient (Wildman–Crippen LogP) is 3.51. The van der Waals surface area contributed by atoms with Crippen molar-refractivity contribution in [2.24, 2.45) is 0 Å². The second-order valence-electron chi connectivity index (χ2n) is 7.51. The van der Waals surface area contributed by atoms with E-state index in [4.69, 9.17) is 9.47 Å². The lowest BCUT2D eigenvalue weighted by Gasteiger charge is -2.18. The molecule has 29 heavy (non-hydrogen) atoms. The van der Waals surface area contributed by atoms with Crippen molar-refractivity contribution in [1.29, 1.82) is 0 Å². The van der Waals surface area contributed by atoms with E-state index in [2.05, 4.69) is 21.5 Å². The number of carbonyl (C=O) groups excluding carboxylic acids is 1. The van der Waals surface area contributed by atoms with E-state index in [0.717, 1.165) is 22.3 Å². The Morgan fingerprint density at radius 2 is 2.07 bits per heavy atom. The lowest BCUT2D eigenvalue weighted by Crippen LogP contribution is -2.30. The van der Waals surface area contributed by atoms with Crippen molar-refractivity contribution < 1.29 is 14.3 Å². The monoisotopic (exact) mass is 394 g/mol. The fraction of sp³-hybridized carbons (Fsp3) is 0.409. The Bertz CT molecular complexity index is 1060. The van der Waals surface area contributed by atoms with Crippen LogP contribution in [-0.2, 0) is 11.3 Å². The Kier molecular flexibility index (Phi) is 5.13. The minimum atomic E-state index is -0.245. The van der Waals surface area contributed by atoms with Crippen molar-refractivity contribution in [3.63, 3.8) is 0 Å². The van der Waals surface area contributed by atoms with Crippen molar-refractivity contribution >= 4 is 16.9 Å². The zero-order chi connectivity index (χ0) is 20.5. The summed E-state index contributed by atoms with van der Waals surface area (Å²) in [6, 6.07) is 7.38. The van der Waals surface area contributed by atoms with Gasteiger partial charge in [0.15, 0.2) is 5.65 Å². The third kappa shape index (κ3) is 3.77. The number of nitrogens with zero attached hydrogens (tertiary/aromatic N) is 3. The van der Waals surface area contributed by atoms with Gasteiger partial charge in [-0.05, 0) is 62.4 Å². The first-order valence-corrected chi connectivity index (χ1v) is 9.85. The highest BCUT2D eigenvalue weighted by Gasteiger charge is 2.28. The van der Waals surface area contributed by atoms with Gasteiger partial charge >= 0.3 is 0 Å². The maximum atomic E-state index is 12.8. The average molecular weight is 394 g/mol. The molecular weight excluding hydrogens is 368 g/mol. The molecule has 2 heterocycles. The highest BCUT2D eigenvalue weighted by Crippen LogP contribution is 2.43. The number of benzene rings is 1. The summed E-state index contributed by atoms with van der Waals surface area (Å²) in [4.78, 5) is 17.3. The van der Waals surface area contributed by atoms with Crippen LogP contribution in [0, 0.1) is 6.92 Å². The highest BCUT2D eigenvalue weighted by atomic mass is 16.5. The van der Waals surface area contributed by atoms with E-state index in [-0.39, 0.29) is 18.5 Å². The Hall–Kier alpha value is -3.09. The zero-order valence-electron chi connectivity index (χ0n) is 17.2. The third-order valence-electron chi connectivity index (χ3n) is 5.43. The number of ether oxygens (including phenoxy) is 2. The molecule has 0 bridgehead atoms. The number of nitrogens with one attached hydrogen (secondary N) is 1. The van der Waals surface area contributed by atoms with Crippen LogP contribution in [0.1, 0.15) is 48.5 Å². The van der Waals surface area contributed by atoms with Crippen molar-refractivity contribution in [3.05, 3.63) is 47.3 Å². The number of hydrogen-bond donors (Lipinski definition) is 1. The van der Waals surface area contributed by atoms with Crippen LogP contribution in [0.2, 0.25) is 0 Å². The summed E-state index contributed by atoms with van der Waals surface area (Å²) in [6.45, 7) is 4.02. The normalized spacial score (nSPS) is 14.6. The van der Waals surface area contributed by atoms with Crippen molar-refractivity contribution in [2.45, 2.75) is 45.2 Å². The lowest BCUT2D eigenvalue weighted by atomic mass is 10.1. The van der Waals surface area contributed by atoms with Crippen LogP contribution >= 0.6 is 0 Å². The van der Waals surface area contributed by atoms with Gasteiger partial charge in [0.2, 0.25) is 5.91 Å². The molecule has 7 nitrogen and oxygen atoms in total. The number of aryl methyl sites for hydroxylation is 1. The number of pyridine rings is 1. The molecule has 1 aliphatic carbocycles. The highest BCUT2D eigenvalue weighted by molar-refractivity contribution is 5.85. The summed E-state index contributed by atoms with van der Waals surface area (Å²) in [5.74, 6) is 1.89. The topological polar surface area (TPSA) is 78.3 Å². The fourth-order valence-electron chi connectivity index (χ4n) is 3.83. The number of aromatic nitrogens is 3. The molecule has 2 aromatic heterocycles. The van der Waals surface area contributed by atoms with Gasteiger partial charge < -0.3 is 14.8 Å². The molecule has 1 unspecified atom stereocenters. The van der Waals surface area contributed by atoms with Crippen LogP contribution in [0.25, 0.3) is 11.0 Å². The summed E-state index contributed by atoms with van der Waals surface area (Å²) in [5.41, 5.74) is 3.85. The Morgan fingerprint density at radius 1 is 1.28 bits per heavy atom. The van der Waals surface area contributed by atoms with E-state index in [1.54, 1.807) is 18.9 Å². The quantitative estimate of drug-likeness (QED) is 0.663. The second-order valence-corrected chi connectivity index (χ2v) is 7.51. The first kappa shape index (κ1) is 19.2. The van der Waals surface area contributed by atoms with Gasteiger partial charge in [0, 0.05) is 17.1 Å². The third-order valence-corrected chi connectivity index (χ3v) is 5.43. The smallest absolute Gasteiger partial charge is 0.242 e. The maximum Gasteiger partial charge on any atom is 0.242 e. The first-order valence-electron chi connectivity index (χ1n) is 9.85. The van der Waals surface area contributed by atoms with Crippen LogP contribution in [0.5, 0.6) is 11.5 Å². The van der Waals surface area contributed by atoms with Gasteiger partial charge in [-0.2, -0.15) is 5.10 Å². The molecule has 0 aliphatic heterocycles. The molecule has 1 atom stereocenters. The van der Waals surface area contributed by atoms with Crippen molar-refractivity contribution in [1.82, 2.24) is 20.1 Å². The molecule has 152 valence electrons. The molecule has 1 saturated carbocycles. The molecule has 3 aromatic rings. The van der Waals surface area contributed by atoms with E-state index >= 15 is 0 Å². The summed E-state index contributed by atoms with van der Waals surface area (Å²) >= 11 is 0. The van der Waals surface area contributed by atoms with Gasteiger partial charge in [-0.25, -0.2) is 9.67 Å². The number of hydrogen-bond acceptors (Lipinski definition) is 5. The first-order chi connectivity index (χ1) is 14.0. The van der Waals surface area contributed by atoms with Crippen LogP contribution < -0.4 is 14.8 Å². The molecule has 0 spiro atoms. The number of methoxy groups -OCH3 is 2. The van der Waals surface area contributed by atoms with E-state index in [1.807, 2.05) is 38.2 Å². The summed E-state index contributed by atoms with van der Waals surface area (Å²) in [6.07, 6.45) is 4.24. The van der Waals surface area contributed by atoms with Crippen molar-refractivity contribution in [2.75, 3.05) is 14.2 Å². The number of rotatable bonds is 7. The molecular formula is C22H26N4O3. The van der Waals surface area contributed by atoms with Crippen LogP contribution in [-0.4, -0.2) is 34.9 Å². The summed E-state index contributed by atoms with van der Waals surface area (Å²) in [7, 11) is 3.23. The molecule has 0 radical (unpaired) electrons. The summed E-state index contributed by atoms with van der Waals surface area (Å²) in [5, 5.41) is 8.71.